The van der Waals surface area contributed by atoms with Crippen LogP contribution < -0.4 is 15.4 Å². The van der Waals surface area contributed by atoms with Crippen LogP contribution in [0.15, 0.2) is 84.7 Å². The van der Waals surface area contributed by atoms with Crippen molar-refractivity contribution in [2.45, 2.75) is 23.7 Å². The number of carbonyl (C=O) groups excluding carboxylic acids is 2. The van der Waals surface area contributed by atoms with Gasteiger partial charge in [-0.2, -0.15) is 0 Å². The topological polar surface area (TPSA) is 111 Å². The van der Waals surface area contributed by atoms with Gasteiger partial charge in [0.15, 0.2) is 0 Å². The fraction of sp³-hybridized carbons (Fsp3) is 0.125. The molecule has 0 saturated carbocycles. The molecule has 9 nitrogen and oxygen atoms in total. The molecule has 3 aromatic heterocycles. The summed E-state index contributed by atoms with van der Waals surface area (Å²) in [7, 11) is 0. The molecule has 2 amide bonds. The van der Waals surface area contributed by atoms with E-state index in [2.05, 4.69) is 30.3 Å². The third kappa shape index (κ3) is 7.07. The molecule has 1 aromatic carbocycles. The molecule has 0 aliphatic carbocycles. The van der Waals surface area contributed by atoms with Crippen LogP contribution in [0.25, 0.3) is 5.82 Å². The predicted molar refractivity (Wildman–Crippen MR) is 129 cm³/mol. The molecule has 4 aromatic rings. The van der Waals surface area contributed by atoms with Crippen molar-refractivity contribution in [3.63, 3.8) is 0 Å². The number of aromatic nitrogens is 4. The molecular formula is C24H19F3N6O3S. The molecule has 13 heteroatoms. The zero-order valence-corrected chi connectivity index (χ0v) is 20.0. The number of rotatable bonds is 8. The Morgan fingerprint density at radius 3 is 2.51 bits per heavy atom. The number of hydrogen-bond acceptors (Lipinski definition) is 7. The molecule has 0 aliphatic heterocycles. The Kier molecular flexibility index (Phi) is 7.72. The maximum atomic E-state index is 13.0. The van der Waals surface area contributed by atoms with E-state index in [4.69, 9.17) is 0 Å². The molecule has 1 atom stereocenters. The first-order chi connectivity index (χ1) is 17.7. The van der Waals surface area contributed by atoms with E-state index in [9.17, 15) is 22.8 Å². The maximum Gasteiger partial charge on any atom is 0.573 e. The van der Waals surface area contributed by atoms with Gasteiger partial charge in [-0.15, -0.1) is 13.2 Å². The van der Waals surface area contributed by atoms with Crippen LogP contribution in [0.1, 0.15) is 28.2 Å². The van der Waals surface area contributed by atoms with Crippen molar-refractivity contribution < 1.29 is 27.5 Å². The minimum absolute atomic E-state index is 0.211. The number of hydrogen-bond donors (Lipinski definition) is 2. The van der Waals surface area contributed by atoms with Gasteiger partial charge in [0.25, 0.3) is 5.91 Å². The van der Waals surface area contributed by atoms with Gasteiger partial charge >= 0.3 is 6.36 Å². The largest absolute Gasteiger partial charge is 0.573 e. The first-order valence-electron chi connectivity index (χ1n) is 10.7. The summed E-state index contributed by atoms with van der Waals surface area (Å²) in [5.41, 5.74) is 1.18. The zero-order valence-electron chi connectivity index (χ0n) is 19.1. The number of carbonyl (C=O) groups is 2. The number of ether oxygens (including phenoxy) is 1. The third-order valence-electron chi connectivity index (χ3n) is 4.77. The smallest absolute Gasteiger partial charge is 0.406 e. The first-order valence-corrected chi connectivity index (χ1v) is 11.6. The number of amides is 2. The summed E-state index contributed by atoms with van der Waals surface area (Å²) in [6.07, 6.45) is 3.23. The lowest BCUT2D eigenvalue weighted by molar-refractivity contribution is -0.274. The van der Waals surface area contributed by atoms with E-state index >= 15 is 0 Å². The minimum atomic E-state index is -4.81. The van der Waals surface area contributed by atoms with Crippen LogP contribution >= 0.6 is 11.8 Å². The summed E-state index contributed by atoms with van der Waals surface area (Å²) in [6.45, 7) is 1.38. The summed E-state index contributed by atoms with van der Waals surface area (Å²) >= 11 is 1.15. The van der Waals surface area contributed by atoms with Crippen LogP contribution in [-0.2, 0) is 4.79 Å². The van der Waals surface area contributed by atoms with E-state index in [-0.39, 0.29) is 17.2 Å². The van der Waals surface area contributed by atoms with E-state index in [0.29, 0.717) is 16.4 Å². The second kappa shape index (κ2) is 11.1. The highest BCUT2D eigenvalue weighted by Gasteiger charge is 2.31. The molecule has 0 spiro atoms. The Morgan fingerprint density at radius 1 is 1.05 bits per heavy atom. The number of nitrogens with zero attached hydrogens (tertiary/aromatic N) is 4. The van der Waals surface area contributed by atoms with Crippen LogP contribution in [0.2, 0.25) is 0 Å². The fourth-order valence-corrected chi connectivity index (χ4v) is 4.35. The van der Waals surface area contributed by atoms with Crippen LogP contribution in [0, 0.1) is 0 Å². The van der Waals surface area contributed by atoms with Crippen molar-refractivity contribution in [2.24, 2.45) is 0 Å². The minimum Gasteiger partial charge on any atom is -0.406 e. The lowest BCUT2D eigenvalue weighted by atomic mass is 10.2. The van der Waals surface area contributed by atoms with Gasteiger partial charge in [0.2, 0.25) is 5.91 Å². The lowest BCUT2D eigenvalue weighted by Gasteiger charge is -2.19. The molecule has 1 unspecified atom stereocenters. The van der Waals surface area contributed by atoms with Crippen molar-refractivity contribution in [1.29, 1.82) is 0 Å². The van der Waals surface area contributed by atoms with Gasteiger partial charge in [-0.25, -0.2) is 15.0 Å². The molecule has 4 rings (SSSR count). The van der Waals surface area contributed by atoms with Crippen molar-refractivity contribution >= 4 is 29.3 Å². The number of nitrogens with one attached hydrogen (secondary N) is 2. The number of alkyl halides is 3. The van der Waals surface area contributed by atoms with E-state index in [1.54, 1.807) is 53.8 Å². The number of thioether (sulfide) groups is 1. The molecule has 0 fully saturated rings. The maximum absolute atomic E-state index is 13.0. The standard InChI is InChI=1S/C24H19F3N6O3S/c1-15(34)31-22(16-8-10-29-20(13-16)33-12-11-28-14-33)37-23-19(3-2-9-30-23)21(35)32-17-4-6-18(7-5-17)36-24(25,26)27/h2-14,22H,1H3,(H,31,34)(H,32,35). The average Bonchev–Trinajstić information content (AvgIpc) is 3.39. The Balaban J connectivity index is 1.55. The summed E-state index contributed by atoms with van der Waals surface area (Å²) in [4.78, 5) is 37.6. The van der Waals surface area contributed by atoms with Gasteiger partial charge in [0.05, 0.1) is 5.56 Å². The molecule has 3 heterocycles. The Morgan fingerprint density at radius 2 is 1.84 bits per heavy atom. The SMILES string of the molecule is CC(=O)NC(Sc1ncccc1C(=O)Nc1ccc(OC(F)(F)F)cc1)c1ccnc(-n2ccnc2)c1. The predicted octanol–water partition coefficient (Wildman–Crippen LogP) is 4.74. The summed E-state index contributed by atoms with van der Waals surface area (Å²) in [5.74, 6) is -0.645. The van der Waals surface area contributed by atoms with Gasteiger partial charge < -0.3 is 15.4 Å². The van der Waals surface area contributed by atoms with Gasteiger partial charge in [-0.05, 0) is 54.1 Å². The van der Waals surface area contributed by atoms with Crippen LogP contribution in [0.5, 0.6) is 5.75 Å². The Bertz CT molecular complexity index is 1380. The van der Waals surface area contributed by atoms with Crippen molar-refractivity contribution in [3.8, 4) is 11.6 Å². The van der Waals surface area contributed by atoms with E-state index in [1.807, 2.05) is 0 Å². The van der Waals surface area contributed by atoms with Gasteiger partial charge in [0.1, 0.15) is 28.3 Å². The van der Waals surface area contributed by atoms with Gasteiger partial charge in [-0.3, -0.25) is 14.2 Å². The summed E-state index contributed by atoms with van der Waals surface area (Å²) in [6, 6.07) is 11.4. The summed E-state index contributed by atoms with van der Waals surface area (Å²) < 4.78 is 42.7. The van der Waals surface area contributed by atoms with E-state index in [1.165, 1.54) is 25.3 Å². The second-order valence-electron chi connectivity index (χ2n) is 7.50. The Labute approximate surface area is 213 Å². The van der Waals surface area contributed by atoms with Gasteiger partial charge in [-0.1, -0.05) is 11.8 Å². The second-order valence-corrected chi connectivity index (χ2v) is 8.59. The molecule has 2 N–H and O–H groups in total. The Hall–Kier alpha value is -4.39. The number of halogens is 3. The van der Waals surface area contributed by atoms with Gasteiger partial charge in [0, 0.05) is 37.4 Å². The molecule has 0 saturated heterocycles. The van der Waals surface area contributed by atoms with Crippen LogP contribution in [0.3, 0.4) is 0 Å². The molecule has 0 radical (unpaired) electrons. The number of anilines is 1. The molecule has 37 heavy (non-hydrogen) atoms. The quantitative estimate of drug-likeness (QED) is 0.251. The monoisotopic (exact) mass is 528 g/mol. The summed E-state index contributed by atoms with van der Waals surface area (Å²) in [5, 5.41) is 5.21. The highest BCUT2D eigenvalue weighted by Crippen LogP contribution is 2.34. The average molecular weight is 529 g/mol. The number of benzene rings is 1. The number of pyridine rings is 2. The third-order valence-corrected chi connectivity index (χ3v) is 5.94. The highest BCUT2D eigenvalue weighted by molar-refractivity contribution is 7.99. The van der Waals surface area contributed by atoms with Crippen LogP contribution in [-0.4, -0.2) is 37.7 Å². The molecule has 0 aliphatic rings. The lowest BCUT2D eigenvalue weighted by Crippen LogP contribution is -2.24. The zero-order chi connectivity index (χ0) is 26.4. The molecular weight excluding hydrogens is 509 g/mol. The highest BCUT2D eigenvalue weighted by atomic mass is 32.2. The van der Waals surface area contributed by atoms with E-state index < -0.39 is 23.4 Å². The van der Waals surface area contributed by atoms with Crippen molar-refractivity contribution in [2.75, 3.05) is 5.32 Å². The number of imidazole rings is 1. The molecule has 190 valence electrons. The first kappa shape index (κ1) is 25.7. The van der Waals surface area contributed by atoms with E-state index in [0.717, 1.165) is 23.9 Å². The van der Waals surface area contributed by atoms with Crippen LogP contribution in [0.4, 0.5) is 18.9 Å². The van der Waals surface area contributed by atoms with Crippen molar-refractivity contribution in [1.82, 2.24) is 24.8 Å². The fourth-order valence-electron chi connectivity index (χ4n) is 3.21. The normalized spacial score (nSPS) is 12.0. The van der Waals surface area contributed by atoms with Crippen molar-refractivity contribution in [3.05, 3.63) is 90.8 Å². The molecule has 0 bridgehead atoms.